The van der Waals surface area contributed by atoms with E-state index in [4.69, 9.17) is 23.2 Å². The number of hydrogen-bond acceptors (Lipinski definition) is 6. The second-order valence-corrected chi connectivity index (χ2v) is 14.0. The van der Waals surface area contributed by atoms with Crippen molar-refractivity contribution in [2.45, 2.75) is 64.1 Å². The Morgan fingerprint density at radius 2 is 1.64 bits per heavy atom. The van der Waals surface area contributed by atoms with Crippen molar-refractivity contribution in [1.29, 1.82) is 0 Å². The zero-order valence-electron chi connectivity index (χ0n) is 25.1. The van der Waals surface area contributed by atoms with E-state index in [0.717, 1.165) is 54.3 Å². The van der Waals surface area contributed by atoms with Gasteiger partial charge in [0.1, 0.15) is 12.6 Å². The molecule has 0 spiro atoms. The van der Waals surface area contributed by atoms with Crippen LogP contribution in [0.1, 0.15) is 48.8 Å². The van der Waals surface area contributed by atoms with Gasteiger partial charge in [-0.25, -0.2) is 8.42 Å². The second-order valence-electron chi connectivity index (χ2n) is 11.3. The van der Waals surface area contributed by atoms with Crippen LogP contribution in [-0.4, -0.2) is 54.9 Å². The van der Waals surface area contributed by atoms with Crippen LogP contribution in [-0.2, 0) is 32.6 Å². The number of nitrogens with zero attached hydrogens (tertiary/aromatic N) is 3. The number of nitro groups is 1. The lowest BCUT2D eigenvalue weighted by Gasteiger charge is -2.35. The Kier molecular flexibility index (Phi) is 11.5. The highest BCUT2D eigenvalue weighted by molar-refractivity contribution is 7.92. The molecule has 0 unspecified atom stereocenters. The van der Waals surface area contributed by atoms with Gasteiger partial charge in [0.2, 0.25) is 21.8 Å². The Labute approximate surface area is 273 Å². The number of anilines is 1. The summed E-state index contributed by atoms with van der Waals surface area (Å²) in [7, 11) is -4.12. The molecule has 3 aromatic carbocycles. The van der Waals surface area contributed by atoms with Crippen LogP contribution in [0.4, 0.5) is 11.4 Å². The molecule has 1 aliphatic carbocycles. The molecule has 0 heterocycles. The van der Waals surface area contributed by atoms with Gasteiger partial charge in [0.15, 0.2) is 0 Å². The largest absolute Gasteiger partial charge is 0.352 e. The van der Waals surface area contributed by atoms with E-state index >= 15 is 0 Å². The molecule has 1 atom stereocenters. The van der Waals surface area contributed by atoms with E-state index in [1.54, 1.807) is 25.1 Å². The summed E-state index contributed by atoms with van der Waals surface area (Å²) in [6, 6.07) is 16.8. The Morgan fingerprint density at radius 1 is 1.00 bits per heavy atom. The summed E-state index contributed by atoms with van der Waals surface area (Å²) in [6.45, 7) is 0.697. The van der Waals surface area contributed by atoms with Crippen LogP contribution in [0.15, 0.2) is 66.7 Å². The number of non-ortho nitro benzene ring substituents is 1. The van der Waals surface area contributed by atoms with Crippen LogP contribution in [0.5, 0.6) is 0 Å². The van der Waals surface area contributed by atoms with Crippen LogP contribution in [0.3, 0.4) is 0 Å². The fraction of sp³-hybridized carbons (Fsp3) is 0.375. The maximum Gasteiger partial charge on any atom is 0.271 e. The van der Waals surface area contributed by atoms with Crippen molar-refractivity contribution in [2.24, 2.45) is 0 Å². The molecule has 1 fully saturated rings. The number of carbonyl (C=O) groups excluding carboxylic acids is 2. The van der Waals surface area contributed by atoms with Gasteiger partial charge in [0.25, 0.3) is 5.69 Å². The predicted molar refractivity (Wildman–Crippen MR) is 176 cm³/mol. The van der Waals surface area contributed by atoms with E-state index in [0.29, 0.717) is 11.1 Å². The molecule has 2 amide bonds. The predicted octanol–water partition coefficient (Wildman–Crippen LogP) is 6.07. The van der Waals surface area contributed by atoms with Crippen molar-refractivity contribution in [3.63, 3.8) is 0 Å². The van der Waals surface area contributed by atoms with Gasteiger partial charge in [-0.15, -0.1) is 0 Å². The average molecular weight is 676 g/mol. The molecule has 45 heavy (non-hydrogen) atoms. The summed E-state index contributed by atoms with van der Waals surface area (Å²) in [5, 5.41) is 15.2. The number of nitrogens with one attached hydrogen (secondary N) is 1. The van der Waals surface area contributed by atoms with E-state index in [1.807, 2.05) is 30.3 Å². The van der Waals surface area contributed by atoms with Crippen LogP contribution < -0.4 is 9.62 Å². The highest BCUT2D eigenvalue weighted by atomic mass is 35.5. The maximum absolute atomic E-state index is 14.4. The molecule has 1 aliphatic rings. The number of rotatable bonds is 12. The molecule has 1 saturated carbocycles. The van der Waals surface area contributed by atoms with Crippen molar-refractivity contribution >= 4 is 56.4 Å². The second kappa shape index (κ2) is 15.1. The zero-order chi connectivity index (χ0) is 32.7. The number of aryl methyl sites for hydroxylation is 1. The molecule has 0 radical (unpaired) electrons. The Bertz CT molecular complexity index is 1630. The van der Waals surface area contributed by atoms with Gasteiger partial charge in [0.05, 0.1) is 16.9 Å². The quantitative estimate of drug-likeness (QED) is 0.183. The summed E-state index contributed by atoms with van der Waals surface area (Å²) in [4.78, 5) is 40.6. The van der Waals surface area contributed by atoms with E-state index < -0.39 is 33.4 Å². The molecule has 240 valence electrons. The SMILES string of the molecule is Cc1ccc([N+](=O)[O-])cc1N(CC(=O)N(Cc1c(Cl)cccc1Cl)[C@@H](Cc1ccccc1)C(=O)NC1CCCCC1)S(C)(=O)=O. The lowest BCUT2D eigenvalue weighted by molar-refractivity contribution is -0.384. The third-order valence-corrected chi connectivity index (χ3v) is 9.80. The van der Waals surface area contributed by atoms with E-state index in [1.165, 1.54) is 17.0 Å². The lowest BCUT2D eigenvalue weighted by atomic mass is 9.94. The maximum atomic E-state index is 14.4. The summed E-state index contributed by atoms with van der Waals surface area (Å²) in [5.41, 5.74) is 1.26. The number of nitro benzene ring substituents is 1. The van der Waals surface area contributed by atoms with E-state index in [9.17, 15) is 28.1 Å². The van der Waals surface area contributed by atoms with Crippen molar-refractivity contribution in [2.75, 3.05) is 17.1 Å². The molecule has 0 bridgehead atoms. The number of sulfonamides is 1. The first-order valence-corrected chi connectivity index (χ1v) is 17.2. The Balaban J connectivity index is 1.80. The zero-order valence-corrected chi connectivity index (χ0v) is 27.4. The monoisotopic (exact) mass is 674 g/mol. The van der Waals surface area contributed by atoms with Gasteiger partial charge >= 0.3 is 0 Å². The van der Waals surface area contributed by atoms with E-state index in [-0.39, 0.29) is 46.3 Å². The molecule has 4 rings (SSSR count). The summed E-state index contributed by atoms with van der Waals surface area (Å²) in [5.74, 6) is -1.08. The minimum Gasteiger partial charge on any atom is -0.352 e. The first kappa shape index (κ1) is 34.2. The topological polar surface area (TPSA) is 130 Å². The minimum absolute atomic E-state index is 0.0120. The van der Waals surface area contributed by atoms with Crippen LogP contribution in [0.2, 0.25) is 10.0 Å². The number of amides is 2. The molecule has 0 saturated heterocycles. The number of halogens is 2. The van der Waals surface area contributed by atoms with Crippen LogP contribution in [0.25, 0.3) is 0 Å². The van der Waals surface area contributed by atoms with Crippen LogP contribution >= 0.6 is 23.2 Å². The van der Waals surface area contributed by atoms with Crippen LogP contribution in [0, 0.1) is 17.0 Å². The molecule has 3 aromatic rings. The third kappa shape index (κ3) is 8.96. The lowest BCUT2D eigenvalue weighted by Crippen LogP contribution is -2.55. The van der Waals surface area contributed by atoms with E-state index in [2.05, 4.69) is 5.32 Å². The molecular weight excluding hydrogens is 639 g/mol. The fourth-order valence-corrected chi connectivity index (χ4v) is 6.94. The first-order valence-electron chi connectivity index (χ1n) is 14.6. The van der Waals surface area contributed by atoms with Crippen molar-refractivity contribution in [3.05, 3.63) is 104 Å². The van der Waals surface area contributed by atoms with Gasteiger partial charge in [-0.1, -0.05) is 84.9 Å². The first-order chi connectivity index (χ1) is 21.3. The van der Waals surface area contributed by atoms with Crippen molar-refractivity contribution in [1.82, 2.24) is 10.2 Å². The highest BCUT2D eigenvalue weighted by Crippen LogP contribution is 2.30. The fourth-order valence-electron chi connectivity index (χ4n) is 5.53. The highest BCUT2D eigenvalue weighted by Gasteiger charge is 2.35. The molecule has 13 heteroatoms. The van der Waals surface area contributed by atoms with Gasteiger partial charge < -0.3 is 10.2 Å². The molecule has 1 N–H and O–H groups in total. The standard InChI is InChI=1S/C32H36Cl2N4O6S/c1-22-16-17-25(38(41)42)19-29(22)37(45(2,43)44)21-31(39)36(20-26-27(33)14-9-15-28(26)34)30(18-23-10-5-3-6-11-23)32(40)35-24-12-7-4-8-13-24/h3,5-6,9-11,14-17,19,24,30H,4,7-8,12-13,18,20-21H2,1-2H3,(H,35,40)/t30-/m0/s1. The summed E-state index contributed by atoms with van der Waals surface area (Å²) in [6.07, 6.45) is 5.76. The van der Waals surface area contributed by atoms with Gasteiger partial charge in [-0.3, -0.25) is 24.0 Å². The van der Waals surface area contributed by atoms with Gasteiger partial charge in [0, 0.05) is 46.7 Å². The normalized spacial score (nSPS) is 14.4. The molecular formula is C32H36Cl2N4O6S. The number of benzene rings is 3. The Hall–Kier alpha value is -3.67. The molecule has 0 aromatic heterocycles. The molecule has 10 nitrogen and oxygen atoms in total. The smallest absolute Gasteiger partial charge is 0.271 e. The number of carbonyl (C=O) groups is 2. The van der Waals surface area contributed by atoms with Gasteiger partial charge in [-0.2, -0.15) is 0 Å². The molecule has 0 aliphatic heterocycles. The van der Waals surface area contributed by atoms with Crippen molar-refractivity contribution < 1.29 is 22.9 Å². The average Bonchev–Trinajstić information content (AvgIpc) is 2.99. The minimum atomic E-state index is -4.12. The Morgan fingerprint density at radius 3 is 2.24 bits per heavy atom. The number of hydrogen-bond donors (Lipinski definition) is 1. The van der Waals surface area contributed by atoms with Crippen molar-refractivity contribution in [3.8, 4) is 0 Å². The summed E-state index contributed by atoms with van der Waals surface area (Å²) >= 11 is 13.1. The summed E-state index contributed by atoms with van der Waals surface area (Å²) < 4.78 is 27.1. The van der Waals surface area contributed by atoms with Gasteiger partial charge in [-0.05, 0) is 43.0 Å². The third-order valence-electron chi connectivity index (χ3n) is 7.96.